The first kappa shape index (κ1) is 32.8. The summed E-state index contributed by atoms with van der Waals surface area (Å²) in [4.78, 5) is 29.8. The zero-order valence-electron chi connectivity index (χ0n) is 25.4. The topological polar surface area (TPSA) is 86.8 Å². The van der Waals surface area contributed by atoms with Gasteiger partial charge in [-0.25, -0.2) is 8.42 Å². The standard InChI is InChI=1S/C35H38ClN3O4S/c1-25(2)37-35(41)33(22-28-13-7-5-8-14-28)38(23-29-15-11-12-18-31(29)36)34(40)24-39(32-20-19-26(3)21-27(32)4)44(42,43)30-16-9-6-10-17-30/h5-21,25,33H,22-24H2,1-4H3,(H,37,41)/t33-/m0/s1. The van der Waals surface area contributed by atoms with E-state index in [0.717, 1.165) is 15.4 Å². The molecule has 0 fully saturated rings. The molecule has 2 amide bonds. The maximum absolute atomic E-state index is 14.5. The molecule has 0 aromatic heterocycles. The Morgan fingerprint density at radius 3 is 2.07 bits per heavy atom. The number of aryl methyl sites for hydroxylation is 2. The van der Waals surface area contributed by atoms with Gasteiger partial charge in [-0.3, -0.25) is 13.9 Å². The molecular formula is C35H38ClN3O4S. The van der Waals surface area contributed by atoms with Crippen LogP contribution in [0.25, 0.3) is 0 Å². The van der Waals surface area contributed by atoms with Crippen molar-refractivity contribution in [3.05, 3.63) is 130 Å². The number of amides is 2. The fourth-order valence-corrected chi connectivity index (χ4v) is 6.76. The second kappa shape index (κ2) is 14.6. The molecule has 230 valence electrons. The average Bonchev–Trinajstić information content (AvgIpc) is 2.99. The van der Waals surface area contributed by atoms with Gasteiger partial charge in [-0.1, -0.05) is 96.0 Å². The lowest BCUT2D eigenvalue weighted by Gasteiger charge is -2.34. The Bertz CT molecular complexity index is 1700. The summed E-state index contributed by atoms with van der Waals surface area (Å²) in [5, 5.41) is 3.40. The summed E-state index contributed by atoms with van der Waals surface area (Å²) in [7, 11) is -4.16. The molecule has 0 aliphatic rings. The van der Waals surface area contributed by atoms with Gasteiger partial charge >= 0.3 is 0 Å². The van der Waals surface area contributed by atoms with E-state index in [1.807, 2.05) is 76.2 Å². The number of hydrogen-bond acceptors (Lipinski definition) is 4. The third-order valence-electron chi connectivity index (χ3n) is 7.23. The molecule has 0 aliphatic carbocycles. The van der Waals surface area contributed by atoms with E-state index < -0.39 is 28.5 Å². The zero-order valence-corrected chi connectivity index (χ0v) is 27.0. The van der Waals surface area contributed by atoms with E-state index in [9.17, 15) is 18.0 Å². The van der Waals surface area contributed by atoms with Gasteiger partial charge < -0.3 is 10.2 Å². The van der Waals surface area contributed by atoms with Gasteiger partial charge in [0.2, 0.25) is 11.8 Å². The first-order chi connectivity index (χ1) is 21.0. The molecule has 0 saturated heterocycles. The predicted octanol–water partition coefficient (Wildman–Crippen LogP) is 6.32. The molecule has 0 spiro atoms. The minimum atomic E-state index is -4.16. The monoisotopic (exact) mass is 631 g/mol. The van der Waals surface area contributed by atoms with Crippen LogP contribution in [0, 0.1) is 13.8 Å². The maximum Gasteiger partial charge on any atom is 0.264 e. The summed E-state index contributed by atoms with van der Waals surface area (Å²) in [6, 6.07) is 28.9. The molecule has 0 bridgehead atoms. The third-order valence-corrected chi connectivity index (χ3v) is 9.37. The first-order valence-corrected chi connectivity index (χ1v) is 16.3. The molecule has 4 aromatic rings. The van der Waals surface area contributed by atoms with E-state index in [2.05, 4.69) is 5.32 Å². The van der Waals surface area contributed by atoms with Gasteiger partial charge in [0.05, 0.1) is 10.6 Å². The highest BCUT2D eigenvalue weighted by atomic mass is 35.5. The van der Waals surface area contributed by atoms with Crippen molar-refractivity contribution in [1.82, 2.24) is 10.2 Å². The molecule has 0 saturated carbocycles. The van der Waals surface area contributed by atoms with E-state index in [0.29, 0.717) is 21.8 Å². The number of nitrogens with zero attached hydrogens (tertiary/aromatic N) is 2. The van der Waals surface area contributed by atoms with Crippen molar-refractivity contribution in [2.75, 3.05) is 10.8 Å². The number of anilines is 1. The fraction of sp³-hybridized carbons (Fsp3) is 0.257. The van der Waals surface area contributed by atoms with Gasteiger partial charge in [0.25, 0.3) is 10.0 Å². The number of carbonyl (C=O) groups excluding carboxylic acids is 2. The molecule has 9 heteroatoms. The lowest BCUT2D eigenvalue weighted by molar-refractivity contribution is -0.140. The first-order valence-electron chi connectivity index (χ1n) is 14.5. The van der Waals surface area contributed by atoms with Crippen LogP contribution in [0.2, 0.25) is 5.02 Å². The van der Waals surface area contributed by atoms with Gasteiger partial charge in [0.1, 0.15) is 12.6 Å². The fourth-order valence-electron chi connectivity index (χ4n) is 5.06. The highest BCUT2D eigenvalue weighted by Crippen LogP contribution is 2.29. The Kier molecular flexibility index (Phi) is 10.8. The van der Waals surface area contributed by atoms with E-state index >= 15 is 0 Å². The van der Waals surface area contributed by atoms with Crippen LogP contribution in [-0.2, 0) is 32.6 Å². The number of hydrogen-bond donors (Lipinski definition) is 1. The zero-order chi connectivity index (χ0) is 31.9. The second-order valence-electron chi connectivity index (χ2n) is 11.1. The third kappa shape index (κ3) is 8.07. The van der Waals surface area contributed by atoms with Crippen molar-refractivity contribution in [3.8, 4) is 0 Å². The largest absolute Gasteiger partial charge is 0.352 e. The Labute approximate surface area is 265 Å². The minimum absolute atomic E-state index is 0.00757. The van der Waals surface area contributed by atoms with Crippen molar-refractivity contribution < 1.29 is 18.0 Å². The van der Waals surface area contributed by atoms with Crippen molar-refractivity contribution in [2.45, 2.75) is 57.6 Å². The van der Waals surface area contributed by atoms with Crippen molar-refractivity contribution in [1.29, 1.82) is 0 Å². The summed E-state index contributed by atoms with van der Waals surface area (Å²) in [6.07, 6.45) is 0.227. The summed E-state index contributed by atoms with van der Waals surface area (Å²) in [6.45, 7) is 6.93. The molecule has 4 aromatic carbocycles. The number of benzene rings is 4. The molecule has 44 heavy (non-hydrogen) atoms. The summed E-state index contributed by atoms with van der Waals surface area (Å²) in [5.74, 6) is -0.877. The van der Waals surface area contributed by atoms with Crippen LogP contribution >= 0.6 is 11.6 Å². The number of nitrogens with one attached hydrogen (secondary N) is 1. The summed E-state index contributed by atoms with van der Waals surface area (Å²) in [5.41, 5.74) is 3.55. The van der Waals surface area contributed by atoms with Crippen LogP contribution in [0.5, 0.6) is 0 Å². The molecular weight excluding hydrogens is 594 g/mol. The maximum atomic E-state index is 14.5. The molecule has 0 unspecified atom stereocenters. The summed E-state index contributed by atoms with van der Waals surface area (Å²) >= 11 is 6.55. The molecule has 7 nitrogen and oxygen atoms in total. The van der Waals surface area contributed by atoms with Gasteiger partial charge in [-0.05, 0) is 68.7 Å². The molecule has 1 atom stereocenters. The molecule has 0 heterocycles. The molecule has 0 radical (unpaired) electrons. The lowest BCUT2D eigenvalue weighted by atomic mass is 10.0. The number of carbonyl (C=O) groups is 2. The molecule has 4 rings (SSSR count). The SMILES string of the molecule is Cc1ccc(N(CC(=O)N(Cc2ccccc2Cl)[C@@H](Cc2ccccc2)C(=O)NC(C)C)S(=O)(=O)c2ccccc2)c(C)c1. The van der Waals surface area contributed by atoms with Gasteiger partial charge in [0.15, 0.2) is 0 Å². The molecule has 0 aliphatic heterocycles. The van der Waals surface area contributed by atoms with Crippen molar-refractivity contribution >= 4 is 39.1 Å². The van der Waals surface area contributed by atoms with E-state index in [4.69, 9.17) is 11.6 Å². The van der Waals surface area contributed by atoms with Crippen LogP contribution in [0.3, 0.4) is 0 Å². The van der Waals surface area contributed by atoms with Gasteiger partial charge in [0, 0.05) is 24.0 Å². The quantitative estimate of drug-likeness (QED) is 0.198. The highest BCUT2D eigenvalue weighted by Gasteiger charge is 2.35. The summed E-state index contributed by atoms with van der Waals surface area (Å²) < 4.78 is 29.4. The Morgan fingerprint density at radius 2 is 1.45 bits per heavy atom. The van der Waals surface area contributed by atoms with Crippen LogP contribution < -0.4 is 9.62 Å². The van der Waals surface area contributed by atoms with Crippen molar-refractivity contribution in [3.63, 3.8) is 0 Å². The predicted molar refractivity (Wildman–Crippen MR) is 176 cm³/mol. The van der Waals surface area contributed by atoms with E-state index in [-0.39, 0.29) is 29.8 Å². The smallest absolute Gasteiger partial charge is 0.264 e. The van der Waals surface area contributed by atoms with Gasteiger partial charge in [-0.15, -0.1) is 0 Å². The highest BCUT2D eigenvalue weighted by molar-refractivity contribution is 7.92. The lowest BCUT2D eigenvalue weighted by Crippen LogP contribution is -2.54. The second-order valence-corrected chi connectivity index (χ2v) is 13.4. The Hall–Kier alpha value is -4.14. The van der Waals surface area contributed by atoms with Crippen LogP contribution in [0.4, 0.5) is 5.69 Å². The average molecular weight is 632 g/mol. The van der Waals surface area contributed by atoms with Gasteiger partial charge in [-0.2, -0.15) is 0 Å². The number of rotatable bonds is 12. The van der Waals surface area contributed by atoms with E-state index in [1.54, 1.807) is 42.5 Å². The van der Waals surface area contributed by atoms with Crippen LogP contribution in [-0.4, -0.2) is 43.8 Å². The normalized spacial score (nSPS) is 12.0. The number of sulfonamides is 1. The van der Waals surface area contributed by atoms with Crippen LogP contribution in [0.15, 0.2) is 108 Å². The van der Waals surface area contributed by atoms with Crippen LogP contribution in [0.1, 0.15) is 36.1 Å². The van der Waals surface area contributed by atoms with Crippen molar-refractivity contribution in [2.24, 2.45) is 0 Å². The van der Waals surface area contributed by atoms with E-state index in [1.165, 1.54) is 17.0 Å². The molecule has 1 N–H and O–H groups in total. The number of halogens is 1. The Balaban J connectivity index is 1.83. The minimum Gasteiger partial charge on any atom is -0.352 e. The Morgan fingerprint density at radius 1 is 0.841 bits per heavy atom.